The van der Waals surface area contributed by atoms with E-state index in [1.807, 2.05) is 31.0 Å². The van der Waals surface area contributed by atoms with Gasteiger partial charge in [0.1, 0.15) is 0 Å². The SMILES string of the molecule is Cc1cc2c(cc1N(C)CC(C)(C)O)OCO2. The van der Waals surface area contributed by atoms with Crippen LogP contribution in [0.1, 0.15) is 19.4 Å². The van der Waals surface area contributed by atoms with E-state index < -0.39 is 5.60 Å². The molecule has 1 heterocycles. The Kier molecular flexibility index (Phi) is 2.91. The van der Waals surface area contributed by atoms with Gasteiger partial charge < -0.3 is 19.5 Å². The molecule has 0 amide bonds. The number of rotatable bonds is 3. The molecule has 0 radical (unpaired) electrons. The monoisotopic (exact) mass is 237 g/mol. The first-order chi connectivity index (χ1) is 7.87. The predicted molar refractivity (Wildman–Crippen MR) is 66.9 cm³/mol. The molecule has 4 nitrogen and oxygen atoms in total. The van der Waals surface area contributed by atoms with Gasteiger partial charge in [-0.1, -0.05) is 0 Å². The highest BCUT2D eigenvalue weighted by Gasteiger charge is 2.20. The maximum atomic E-state index is 9.84. The lowest BCUT2D eigenvalue weighted by molar-refractivity contribution is 0.0886. The summed E-state index contributed by atoms with van der Waals surface area (Å²) in [5.41, 5.74) is 1.44. The van der Waals surface area contributed by atoms with Crippen molar-refractivity contribution in [1.29, 1.82) is 0 Å². The number of benzene rings is 1. The largest absolute Gasteiger partial charge is 0.454 e. The Hall–Kier alpha value is -1.42. The van der Waals surface area contributed by atoms with Crippen LogP contribution < -0.4 is 14.4 Å². The molecule has 0 bridgehead atoms. The van der Waals surface area contributed by atoms with Crippen molar-refractivity contribution in [3.63, 3.8) is 0 Å². The lowest BCUT2D eigenvalue weighted by Crippen LogP contribution is -2.36. The highest BCUT2D eigenvalue weighted by atomic mass is 16.7. The molecule has 0 saturated carbocycles. The van der Waals surface area contributed by atoms with Crippen molar-refractivity contribution in [2.24, 2.45) is 0 Å². The van der Waals surface area contributed by atoms with Crippen molar-refractivity contribution in [2.45, 2.75) is 26.4 Å². The highest BCUT2D eigenvalue weighted by Crippen LogP contribution is 2.38. The summed E-state index contributed by atoms with van der Waals surface area (Å²) in [7, 11) is 1.96. The summed E-state index contributed by atoms with van der Waals surface area (Å²) in [6.45, 7) is 6.47. The van der Waals surface area contributed by atoms with Crippen molar-refractivity contribution in [3.05, 3.63) is 17.7 Å². The normalized spacial score (nSPS) is 13.9. The molecule has 0 aliphatic carbocycles. The number of hydrogen-bond acceptors (Lipinski definition) is 4. The summed E-state index contributed by atoms with van der Waals surface area (Å²) in [5, 5.41) is 9.84. The van der Waals surface area contributed by atoms with Crippen LogP contribution in [-0.2, 0) is 0 Å². The van der Waals surface area contributed by atoms with E-state index in [0.717, 1.165) is 22.7 Å². The van der Waals surface area contributed by atoms with Crippen molar-refractivity contribution >= 4 is 5.69 Å². The van der Waals surface area contributed by atoms with Gasteiger partial charge in [0, 0.05) is 25.3 Å². The van der Waals surface area contributed by atoms with Crippen LogP contribution in [0.15, 0.2) is 12.1 Å². The van der Waals surface area contributed by atoms with Gasteiger partial charge in [-0.05, 0) is 32.4 Å². The Morgan fingerprint density at radius 2 is 1.88 bits per heavy atom. The van der Waals surface area contributed by atoms with Gasteiger partial charge in [0.25, 0.3) is 0 Å². The molecule has 1 aromatic rings. The van der Waals surface area contributed by atoms with Crippen LogP contribution in [0.5, 0.6) is 11.5 Å². The van der Waals surface area contributed by atoms with Crippen LogP contribution >= 0.6 is 0 Å². The van der Waals surface area contributed by atoms with Crippen LogP contribution in [0, 0.1) is 6.92 Å². The number of aliphatic hydroxyl groups is 1. The minimum absolute atomic E-state index is 0.285. The molecule has 0 atom stereocenters. The second-order valence-electron chi connectivity index (χ2n) is 5.16. The molecule has 4 heteroatoms. The van der Waals surface area contributed by atoms with Gasteiger partial charge in [-0.15, -0.1) is 0 Å². The number of ether oxygens (including phenoxy) is 2. The van der Waals surface area contributed by atoms with E-state index in [9.17, 15) is 5.11 Å². The predicted octanol–water partition coefficient (Wildman–Crippen LogP) is 1.93. The second kappa shape index (κ2) is 4.11. The van der Waals surface area contributed by atoms with Crippen molar-refractivity contribution in [1.82, 2.24) is 0 Å². The fraction of sp³-hybridized carbons (Fsp3) is 0.538. The molecule has 94 valence electrons. The molecule has 17 heavy (non-hydrogen) atoms. The summed E-state index contributed by atoms with van der Waals surface area (Å²) in [6, 6.07) is 3.93. The highest BCUT2D eigenvalue weighted by molar-refractivity contribution is 5.62. The third kappa shape index (κ3) is 2.64. The summed E-state index contributed by atoms with van der Waals surface area (Å²) >= 11 is 0. The van der Waals surface area contributed by atoms with Crippen molar-refractivity contribution in [3.8, 4) is 11.5 Å². The maximum Gasteiger partial charge on any atom is 0.231 e. The first-order valence-corrected chi connectivity index (χ1v) is 5.70. The van der Waals surface area contributed by atoms with Gasteiger partial charge in [0.05, 0.1) is 5.60 Å². The van der Waals surface area contributed by atoms with Crippen LogP contribution in [0.25, 0.3) is 0 Å². The average Bonchev–Trinajstić information content (AvgIpc) is 2.60. The third-order valence-electron chi connectivity index (χ3n) is 2.73. The molecule has 1 aliphatic heterocycles. The molecule has 2 rings (SSSR count). The van der Waals surface area contributed by atoms with Crippen LogP contribution in [0.4, 0.5) is 5.69 Å². The summed E-state index contributed by atoms with van der Waals surface area (Å²) in [6.07, 6.45) is 0. The summed E-state index contributed by atoms with van der Waals surface area (Å²) in [5.74, 6) is 1.57. The molecular formula is C13H19NO3. The number of fused-ring (bicyclic) bond motifs is 1. The van der Waals surface area contributed by atoms with E-state index >= 15 is 0 Å². The van der Waals surface area contributed by atoms with Crippen LogP contribution in [0.2, 0.25) is 0 Å². The average molecular weight is 237 g/mol. The first-order valence-electron chi connectivity index (χ1n) is 5.70. The molecule has 1 N–H and O–H groups in total. The Morgan fingerprint density at radius 3 is 2.47 bits per heavy atom. The number of nitrogens with zero attached hydrogens (tertiary/aromatic N) is 1. The van der Waals surface area contributed by atoms with Crippen LogP contribution in [0.3, 0.4) is 0 Å². The lowest BCUT2D eigenvalue weighted by Gasteiger charge is -2.28. The minimum Gasteiger partial charge on any atom is -0.454 e. The Morgan fingerprint density at radius 1 is 1.29 bits per heavy atom. The summed E-state index contributed by atoms with van der Waals surface area (Å²) < 4.78 is 10.7. The molecule has 0 unspecified atom stereocenters. The first kappa shape index (κ1) is 12.0. The zero-order chi connectivity index (χ0) is 12.6. The minimum atomic E-state index is -0.725. The maximum absolute atomic E-state index is 9.84. The van der Waals surface area contributed by atoms with E-state index in [4.69, 9.17) is 9.47 Å². The fourth-order valence-corrected chi connectivity index (χ4v) is 2.11. The molecule has 1 aromatic carbocycles. The molecule has 0 saturated heterocycles. The molecule has 0 aromatic heterocycles. The Bertz CT molecular complexity index is 423. The van der Waals surface area contributed by atoms with E-state index in [-0.39, 0.29) is 6.79 Å². The fourth-order valence-electron chi connectivity index (χ4n) is 2.11. The van der Waals surface area contributed by atoms with Gasteiger partial charge in [-0.25, -0.2) is 0 Å². The molecule has 0 fully saturated rings. The van der Waals surface area contributed by atoms with Gasteiger partial charge >= 0.3 is 0 Å². The molecular weight excluding hydrogens is 218 g/mol. The van der Waals surface area contributed by atoms with Gasteiger partial charge in [-0.2, -0.15) is 0 Å². The zero-order valence-corrected chi connectivity index (χ0v) is 10.8. The Labute approximate surface area is 102 Å². The standard InChI is InChI=1S/C13H19NO3/c1-9-5-11-12(17-8-16-11)6-10(9)14(4)7-13(2,3)15/h5-6,15H,7-8H2,1-4H3. The van der Waals surface area contributed by atoms with Crippen molar-refractivity contribution in [2.75, 3.05) is 25.3 Å². The van der Waals surface area contributed by atoms with E-state index in [1.54, 1.807) is 13.8 Å². The topological polar surface area (TPSA) is 41.9 Å². The molecule has 0 spiro atoms. The second-order valence-corrected chi connectivity index (χ2v) is 5.16. The number of anilines is 1. The lowest BCUT2D eigenvalue weighted by atomic mass is 10.1. The van der Waals surface area contributed by atoms with E-state index in [0.29, 0.717) is 6.54 Å². The van der Waals surface area contributed by atoms with Gasteiger partial charge in [0.15, 0.2) is 11.5 Å². The zero-order valence-electron chi connectivity index (χ0n) is 10.8. The quantitative estimate of drug-likeness (QED) is 0.872. The van der Waals surface area contributed by atoms with E-state index in [2.05, 4.69) is 0 Å². The molecule has 1 aliphatic rings. The van der Waals surface area contributed by atoms with E-state index in [1.165, 1.54) is 0 Å². The smallest absolute Gasteiger partial charge is 0.231 e. The summed E-state index contributed by atoms with van der Waals surface area (Å²) in [4.78, 5) is 2.03. The Balaban J connectivity index is 2.26. The number of likely N-dealkylation sites (N-methyl/N-ethyl adjacent to an activating group) is 1. The van der Waals surface area contributed by atoms with Crippen molar-refractivity contribution < 1.29 is 14.6 Å². The van der Waals surface area contributed by atoms with Crippen LogP contribution in [-0.4, -0.2) is 31.1 Å². The number of aryl methyl sites for hydroxylation is 1. The van der Waals surface area contributed by atoms with Gasteiger partial charge in [0.2, 0.25) is 6.79 Å². The third-order valence-corrected chi connectivity index (χ3v) is 2.73. The number of hydrogen-bond donors (Lipinski definition) is 1. The van der Waals surface area contributed by atoms with Gasteiger partial charge in [-0.3, -0.25) is 0 Å².